The zero-order valence-electron chi connectivity index (χ0n) is 11.4. The van der Waals surface area contributed by atoms with E-state index in [4.69, 9.17) is 9.47 Å². The number of hydrogen-bond acceptors (Lipinski definition) is 4. The molecule has 0 bridgehead atoms. The smallest absolute Gasteiger partial charge is 0.146 e. The van der Waals surface area contributed by atoms with E-state index in [2.05, 4.69) is 10.6 Å². The summed E-state index contributed by atoms with van der Waals surface area (Å²) in [4.78, 5) is 0. The van der Waals surface area contributed by atoms with Crippen molar-refractivity contribution in [2.24, 2.45) is 0 Å². The van der Waals surface area contributed by atoms with Gasteiger partial charge in [-0.2, -0.15) is 0 Å². The molecule has 5 heteroatoms. The second kappa shape index (κ2) is 6.73. The molecule has 2 N–H and O–H groups in total. The number of rotatable bonds is 5. The van der Waals surface area contributed by atoms with Crippen LogP contribution in [0.3, 0.4) is 0 Å². The lowest BCUT2D eigenvalue weighted by Gasteiger charge is -2.27. The Morgan fingerprint density at radius 3 is 3.11 bits per heavy atom. The van der Waals surface area contributed by atoms with E-state index in [-0.39, 0.29) is 11.9 Å². The summed E-state index contributed by atoms with van der Waals surface area (Å²) in [5.74, 6) is 0.385. The summed E-state index contributed by atoms with van der Waals surface area (Å²) >= 11 is 0. The second-order valence-electron chi connectivity index (χ2n) is 4.85. The molecule has 4 nitrogen and oxygen atoms in total. The average molecular weight is 268 g/mol. The number of benzene rings is 1. The third-order valence-corrected chi connectivity index (χ3v) is 3.21. The van der Waals surface area contributed by atoms with Crippen molar-refractivity contribution in [1.82, 2.24) is 5.32 Å². The van der Waals surface area contributed by atoms with Gasteiger partial charge in [0.2, 0.25) is 0 Å². The monoisotopic (exact) mass is 268 g/mol. The van der Waals surface area contributed by atoms with Gasteiger partial charge in [-0.05, 0) is 25.5 Å². The lowest BCUT2D eigenvalue weighted by Crippen LogP contribution is -2.43. The summed E-state index contributed by atoms with van der Waals surface area (Å²) in [5.41, 5.74) is 0.476. The van der Waals surface area contributed by atoms with Gasteiger partial charge in [-0.25, -0.2) is 4.39 Å². The van der Waals surface area contributed by atoms with E-state index in [0.717, 1.165) is 19.6 Å². The number of methoxy groups -OCH3 is 1. The van der Waals surface area contributed by atoms with Gasteiger partial charge >= 0.3 is 0 Å². The van der Waals surface area contributed by atoms with Crippen molar-refractivity contribution in [3.63, 3.8) is 0 Å². The maximum atomic E-state index is 13.7. The Bertz CT molecular complexity index is 408. The Balaban J connectivity index is 1.92. The number of halogens is 1. The van der Waals surface area contributed by atoms with Gasteiger partial charge in [-0.3, -0.25) is 0 Å². The highest BCUT2D eigenvalue weighted by Crippen LogP contribution is 2.22. The fraction of sp³-hybridized carbons (Fsp3) is 0.571. The molecule has 1 aliphatic rings. The van der Waals surface area contributed by atoms with Crippen LogP contribution in [-0.4, -0.2) is 39.0 Å². The van der Waals surface area contributed by atoms with Crippen LogP contribution in [0.25, 0.3) is 0 Å². The summed E-state index contributed by atoms with van der Waals surface area (Å²) in [6, 6.07) is 5.18. The molecular formula is C14H21FN2O2. The van der Waals surface area contributed by atoms with Crippen LogP contribution in [0.2, 0.25) is 0 Å². The fourth-order valence-electron chi connectivity index (χ4n) is 2.26. The zero-order valence-corrected chi connectivity index (χ0v) is 11.4. The molecule has 0 aliphatic carbocycles. The third kappa shape index (κ3) is 4.08. The number of hydrogen-bond donors (Lipinski definition) is 2. The van der Waals surface area contributed by atoms with Crippen LogP contribution >= 0.6 is 0 Å². The molecule has 1 aliphatic heterocycles. The van der Waals surface area contributed by atoms with E-state index in [1.165, 1.54) is 6.07 Å². The highest BCUT2D eigenvalue weighted by atomic mass is 19.1. The lowest BCUT2D eigenvalue weighted by atomic mass is 10.1. The van der Waals surface area contributed by atoms with Crippen molar-refractivity contribution in [3.8, 4) is 5.75 Å². The summed E-state index contributed by atoms with van der Waals surface area (Å²) in [6.07, 6.45) is 0.886. The number of morpholine rings is 1. The molecule has 1 heterocycles. The van der Waals surface area contributed by atoms with Crippen molar-refractivity contribution in [1.29, 1.82) is 0 Å². The number of nitrogens with one attached hydrogen (secondary N) is 2. The van der Waals surface area contributed by atoms with Crippen molar-refractivity contribution in [3.05, 3.63) is 24.0 Å². The van der Waals surface area contributed by atoms with Gasteiger partial charge < -0.3 is 20.1 Å². The quantitative estimate of drug-likeness (QED) is 0.857. The van der Waals surface area contributed by atoms with E-state index < -0.39 is 0 Å². The van der Waals surface area contributed by atoms with Crippen LogP contribution in [0.1, 0.15) is 13.3 Å². The first-order valence-corrected chi connectivity index (χ1v) is 6.60. The molecular weight excluding hydrogens is 247 g/mol. The van der Waals surface area contributed by atoms with Gasteiger partial charge in [0.25, 0.3) is 0 Å². The Labute approximate surface area is 113 Å². The van der Waals surface area contributed by atoms with Crippen LogP contribution in [0.5, 0.6) is 5.75 Å². The Morgan fingerprint density at radius 1 is 1.58 bits per heavy atom. The van der Waals surface area contributed by atoms with Gasteiger partial charge in [0.05, 0.1) is 26.0 Å². The minimum absolute atomic E-state index is 0.154. The summed E-state index contributed by atoms with van der Waals surface area (Å²) < 4.78 is 24.2. The first-order chi connectivity index (χ1) is 9.19. The van der Waals surface area contributed by atoms with Crippen LogP contribution in [-0.2, 0) is 4.74 Å². The highest BCUT2D eigenvalue weighted by molar-refractivity contribution is 5.50. The SMILES string of the molecule is COc1ccc(F)c(NC(C)CC2COCCN2)c1. The van der Waals surface area contributed by atoms with Crippen molar-refractivity contribution >= 4 is 5.69 Å². The van der Waals surface area contributed by atoms with Gasteiger partial charge in [-0.1, -0.05) is 0 Å². The molecule has 19 heavy (non-hydrogen) atoms. The van der Waals surface area contributed by atoms with E-state index in [1.807, 2.05) is 6.92 Å². The minimum Gasteiger partial charge on any atom is -0.497 e. The van der Waals surface area contributed by atoms with E-state index >= 15 is 0 Å². The molecule has 0 radical (unpaired) electrons. The molecule has 1 aromatic rings. The Kier molecular flexibility index (Phi) is 4.99. The third-order valence-electron chi connectivity index (χ3n) is 3.21. The lowest BCUT2D eigenvalue weighted by molar-refractivity contribution is 0.0731. The normalized spacial score (nSPS) is 20.9. The zero-order chi connectivity index (χ0) is 13.7. The summed E-state index contributed by atoms with van der Waals surface area (Å²) in [6.45, 7) is 4.40. The van der Waals surface area contributed by atoms with E-state index in [9.17, 15) is 4.39 Å². The summed E-state index contributed by atoms with van der Waals surface area (Å²) in [7, 11) is 1.57. The minimum atomic E-state index is -0.263. The molecule has 2 rings (SSSR count). The molecule has 2 atom stereocenters. The van der Waals surface area contributed by atoms with Crippen molar-refractivity contribution in [2.45, 2.75) is 25.4 Å². The standard InChI is InChI=1S/C14H21FN2O2/c1-10(7-11-9-19-6-5-16-11)17-14-8-12(18-2)3-4-13(14)15/h3-4,8,10-11,16-17H,5-7,9H2,1-2H3. The molecule has 0 amide bonds. The van der Waals surface area contributed by atoms with E-state index in [1.54, 1.807) is 19.2 Å². The largest absolute Gasteiger partial charge is 0.497 e. The first kappa shape index (κ1) is 14.1. The molecule has 0 saturated carbocycles. The Morgan fingerprint density at radius 2 is 2.42 bits per heavy atom. The van der Waals surface area contributed by atoms with Crippen LogP contribution in [0.4, 0.5) is 10.1 Å². The van der Waals surface area contributed by atoms with Gasteiger partial charge in [0.1, 0.15) is 11.6 Å². The molecule has 1 fully saturated rings. The van der Waals surface area contributed by atoms with Gasteiger partial charge in [0.15, 0.2) is 0 Å². The van der Waals surface area contributed by atoms with Crippen LogP contribution in [0, 0.1) is 5.82 Å². The predicted octanol–water partition coefficient (Wildman–Crippen LogP) is 2.01. The molecule has 2 unspecified atom stereocenters. The van der Waals surface area contributed by atoms with Crippen molar-refractivity contribution < 1.29 is 13.9 Å². The number of anilines is 1. The topological polar surface area (TPSA) is 42.5 Å². The summed E-state index contributed by atoms with van der Waals surface area (Å²) in [5, 5.41) is 6.57. The second-order valence-corrected chi connectivity index (χ2v) is 4.85. The first-order valence-electron chi connectivity index (χ1n) is 6.60. The van der Waals surface area contributed by atoms with Crippen LogP contribution in [0.15, 0.2) is 18.2 Å². The average Bonchev–Trinajstić information content (AvgIpc) is 2.42. The van der Waals surface area contributed by atoms with Crippen molar-refractivity contribution in [2.75, 3.05) is 32.2 Å². The maximum Gasteiger partial charge on any atom is 0.146 e. The molecule has 1 saturated heterocycles. The molecule has 0 spiro atoms. The fourth-order valence-corrected chi connectivity index (χ4v) is 2.26. The van der Waals surface area contributed by atoms with Gasteiger partial charge in [0, 0.05) is 24.7 Å². The molecule has 1 aromatic carbocycles. The Hall–Kier alpha value is -1.33. The predicted molar refractivity (Wildman–Crippen MR) is 73.3 cm³/mol. The maximum absolute atomic E-state index is 13.7. The van der Waals surface area contributed by atoms with Gasteiger partial charge in [-0.15, -0.1) is 0 Å². The molecule has 0 aromatic heterocycles. The van der Waals surface area contributed by atoms with E-state index in [0.29, 0.717) is 24.1 Å². The van der Waals surface area contributed by atoms with Crippen LogP contribution < -0.4 is 15.4 Å². The molecule has 106 valence electrons. The number of ether oxygens (including phenoxy) is 2. The highest BCUT2D eigenvalue weighted by Gasteiger charge is 2.17.